The van der Waals surface area contributed by atoms with Crippen molar-refractivity contribution in [3.63, 3.8) is 0 Å². The fraction of sp³-hybridized carbons (Fsp3) is 0.250. The van der Waals surface area contributed by atoms with E-state index in [1.54, 1.807) is 0 Å². The van der Waals surface area contributed by atoms with Crippen LogP contribution in [0.1, 0.15) is 18.9 Å². The van der Waals surface area contributed by atoms with Crippen molar-refractivity contribution in [1.29, 1.82) is 0 Å². The number of rotatable bonds is 6. The smallest absolute Gasteiger partial charge is 0.169 e. The minimum atomic E-state index is -0.0475. The van der Waals surface area contributed by atoms with Crippen molar-refractivity contribution in [2.45, 2.75) is 20.0 Å². The average Bonchev–Trinajstić information content (AvgIpc) is 2.47. The van der Waals surface area contributed by atoms with Gasteiger partial charge in [0.2, 0.25) is 0 Å². The molecule has 0 aliphatic carbocycles. The maximum Gasteiger partial charge on any atom is 0.169 e. The molecule has 0 aromatic heterocycles. The lowest BCUT2D eigenvalue weighted by Crippen LogP contribution is -1.98. The van der Waals surface area contributed by atoms with E-state index < -0.39 is 0 Å². The second-order valence-electron chi connectivity index (χ2n) is 4.16. The van der Waals surface area contributed by atoms with E-state index in [1.165, 1.54) is 0 Å². The van der Waals surface area contributed by atoms with Gasteiger partial charge < -0.3 is 14.6 Å². The summed E-state index contributed by atoms with van der Waals surface area (Å²) in [6.45, 7) is 2.67. The second kappa shape index (κ2) is 6.81. The highest BCUT2D eigenvalue weighted by Gasteiger charge is 2.08. The Morgan fingerprint density at radius 3 is 2.21 bits per heavy atom. The molecule has 2 rings (SSSR count). The van der Waals surface area contributed by atoms with Crippen LogP contribution in [-0.4, -0.2) is 11.7 Å². The largest absolute Gasteiger partial charge is 0.490 e. The van der Waals surface area contributed by atoms with Gasteiger partial charge in [0.25, 0.3) is 0 Å². The Labute approximate surface area is 113 Å². The summed E-state index contributed by atoms with van der Waals surface area (Å²) in [6.07, 6.45) is 0.946. The first kappa shape index (κ1) is 13.4. The first-order valence-electron chi connectivity index (χ1n) is 6.43. The van der Waals surface area contributed by atoms with Crippen molar-refractivity contribution < 1.29 is 14.6 Å². The number of hydrogen-bond acceptors (Lipinski definition) is 3. The monoisotopic (exact) mass is 258 g/mol. The molecule has 0 amide bonds. The Morgan fingerprint density at radius 2 is 1.53 bits per heavy atom. The van der Waals surface area contributed by atoms with Crippen LogP contribution in [0, 0.1) is 0 Å². The van der Waals surface area contributed by atoms with Crippen LogP contribution in [0.2, 0.25) is 0 Å². The topological polar surface area (TPSA) is 38.7 Å². The molecule has 2 aromatic carbocycles. The molecule has 0 aliphatic rings. The molecule has 0 atom stereocenters. The zero-order valence-corrected chi connectivity index (χ0v) is 11.0. The van der Waals surface area contributed by atoms with E-state index in [2.05, 4.69) is 6.92 Å². The Balaban J connectivity index is 2.22. The molecule has 0 unspecified atom stereocenters. The molecule has 3 heteroatoms. The van der Waals surface area contributed by atoms with Gasteiger partial charge in [0.15, 0.2) is 11.5 Å². The zero-order valence-electron chi connectivity index (χ0n) is 11.0. The van der Waals surface area contributed by atoms with Crippen LogP contribution >= 0.6 is 0 Å². The van der Waals surface area contributed by atoms with Gasteiger partial charge in [0.05, 0.1) is 13.2 Å². The standard InChI is InChI=1S/C16H18O3/c1-2-11-18-15-9-5-6-10-16(15)19-14-8-4-3-7-13(14)12-17/h3-10,17H,2,11-12H2,1H3. The van der Waals surface area contributed by atoms with Crippen LogP contribution < -0.4 is 9.47 Å². The van der Waals surface area contributed by atoms with Crippen molar-refractivity contribution >= 4 is 0 Å². The molecule has 0 heterocycles. The van der Waals surface area contributed by atoms with Gasteiger partial charge in [0, 0.05) is 5.56 Å². The number of benzene rings is 2. The highest BCUT2D eigenvalue weighted by Crippen LogP contribution is 2.32. The second-order valence-corrected chi connectivity index (χ2v) is 4.16. The Bertz CT molecular complexity index is 523. The molecule has 0 bridgehead atoms. The van der Waals surface area contributed by atoms with E-state index >= 15 is 0 Å². The molecule has 19 heavy (non-hydrogen) atoms. The maximum atomic E-state index is 9.30. The molecule has 0 saturated heterocycles. The molecule has 0 saturated carbocycles. The Kier molecular flexibility index (Phi) is 4.81. The quantitative estimate of drug-likeness (QED) is 0.857. The number of ether oxygens (including phenoxy) is 2. The van der Waals surface area contributed by atoms with Crippen LogP contribution in [0.4, 0.5) is 0 Å². The SMILES string of the molecule is CCCOc1ccccc1Oc1ccccc1CO. The molecule has 0 fully saturated rings. The summed E-state index contributed by atoms with van der Waals surface area (Å²) in [4.78, 5) is 0. The lowest BCUT2D eigenvalue weighted by atomic mass is 10.2. The van der Waals surface area contributed by atoms with Crippen molar-refractivity contribution in [1.82, 2.24) is 0 Å². The van der Waals surface area contributed by atoms with Crippen molar-refractivity contribution in [3.8, 4) is 17.2 Å². The summed E-state index contributed by atoms with van der Waals surface area (Å²) in [6, 6.07) is 15.0. The summed E-state index contributed by atoms with van der Waals surface area (Å²) < 4.78 is 11.5. The maximum absolute atomic E-state index is 9.30. The number of hydrogen-bond donors (Lipinski definition) is 1. The van der Waals surface area contributed by atoms with Crippen molar-refractivity contribution in [2.75, 3.05) is 6.61 Å². The van der Waals surface area contributed by atoms with E-state index in [-0.39, 0.29) is 6.61 Å². The van der Waals surface area contributed by atoms with Crippen LogP contribution in [-0.2, 0) is 6.61 Å². The van der Waals surface area contributed by atoms with Gasteiger partial charge in [0.1, 0.15) is 5.75 Å². The van der Waals surface area contributed by atoms with Crippen LogP contribution in [0.3, 0.4) is 0 Å². The minimum absolute atomic E-state index is 0.0475. The van der Waals surface area contributed by atoms with Crippen molar-refractivity contribution in [3.05, 3.63) is 54.1 Å². The summed E-state index contributed by atoms with van der Waals surface area (Å²) in [5.74, 6) is 2.03. The number of aliphatic hydroxyl groups is 1. The lowest BCUT2D eigenvalue weighted by molar-refractivity contribution is 0.273. The third-order valence-electron chi connectivity index (χ3n) is 2.67. The fourth-order valence-corrected chi connectivity index (χ4v) is 1.72. The third kappa shape index (κ3) is 3.48. The fourth-order valence-electron chi connectivity index (χ4n) is 1.72. The van der Waals surface area contributed by atoms with Crippen LogP contribution in [0.15, 0.2) is 48.5 Å². The van der Waals surface area contributed by atoms with Gasteiger partial charge in [-0.15, -0.1) is 0 Å². The van der Waals surface area contributed by atoms with Crippen LogP contribution in [0.25, 0.3) is 0 Å². The van der Waals surface area contributed by atoms with Gasteiger partial charge in [-0.25, -0.2) is 0 Å². The lowest BCUT2D eigenvalue weighted by Gasteiger charge is -2.13. The highest BCUT2D eigenvalue weighted by molar-refractivity contribution is 5.44. The molecule has 0 aliphatic heterocycles. The van der Waals surface area contributed by atoms with Gasteiger partial charge in [-0.05, 0) is 24.6 Å². The normalized spacial score (nSPS) is 10.2. The number of para-hydroxylation sites is 3. The van der Waals surface area contributed by atoms with E-state index in [0.29, 0.717) is 18.1 Å². The number of aliphatic hydroxyl groups excluding tert-OH is 1. The van der Waals surface area contributed by atoms with E-state index in [9.17, 15) is 5.11 Å². The summed E-state index contributed by atoms with van der Waals surface area (Å²) in [5.41, 5.74) is 0.757. The summed E-state index contributed by atoms with van der Waals surface area (Å²) >= 11 is 0. The molecule has 0 radical (unpaired) electrons. The van der Waals surface area contributed by atoms with Crippen LogP contribution in [0.5, 0.6) is 17.2 Å². The van der Waals surface area contributed by atoms with Crippen molar-refractivity contribution in [2.24, 2.45) is 0 Å². The highest BCUT2D eigenvalue weighted by atomic mass is 16.5. The predicted octanol–water partition coefficient (Wildman–Crippen LogP) is 3.76. The summed E-state index contributed by atoms with van der Waals surface area (Å²) in [5, 5.41) is 9.30. The summed E-state index contributed by atoms with van der Waals surface area (Å²) in [7, 11) is 0. The first-order chi connectivity index (χ1) is 9.35. The first-order valence-corrected chi connectivity index (χ1v) is 6.43. The van der Waals surface area contributed by atoms with Gasteiger partial charge in [-0.3, -0.25) is 0 Å². The van der Waals surface area contributed by atoms with Gasteiger partial charge in [-0.1, -0.05) is 37.3 Å². The molecular weight excluding hydrogens is 240 g/mol. The minimum Gasteiger partial charge on any atom is -0.490 e. The Morgan fingerprint density at radius 1 is 0.895 bits per heavy atom. The van der Waals surface area contributed by atoms with E-state index in [4.69, 9.17) is 9.47 Å². The third-order valence-corrected chi connectivity index (χ3v) is 2.67. The van der Waals surface area contributed by atoms with E-state index in [0.717, 1.165) is 17.7 Å². The predicted molar refractivity (Wildman–Crippen MR) is 74.7 cm³/mol. The molecule has 100 valence electrons. The molecular formula is C16H18O3. The molecule has 0 spiro atoms. The Hall–Kier alpha value is -2.00. The van der Waals surface area contributed by atoms with E-state index in [1.807, 2.05) is 48.5 Å². The van der Waals surface area contributed by atoms with Gasteiger partial charge in [-0.2, -0.15) is 0 Å². The van der Waals surface area contributed by atoms with Gasteiger partial charge >= 0.3 is 0 Å². The molecule has 2 aromatic rings. The molecule has 1 N–H and O–H groups in total. The molecule has 3 nitrogen and oxygen atoms in total. The average molecular weight is 258 g/mol. The zero-order chi connectivity index (χ0) is 13.5.